The summed E-state index contributed by atoms with van der Waals surface area (Å²) < 4.78 is 13.1. The van der Waals surface area contributed by atoms with Crippen LogP contribution >= 0.6 is 0 Å². The molecule has 0 aromatic heterocycles. The van der Waals surface area contributed by atoms with E-state index in [0.717, 1.165) is 12.0 Å². The lowest BCUT2D eigenvalue weighted by molar-refractivity contribution is 0.403. The lowest BCUT2D eigenvalue weighted by atomic mass is 9.79. The smallest absolute Gasteiger partial charge is 0.123 e. The molecular formula is C13H20FN. The molecule has 15 heavy (non-hydrogen) atoms. The lowest BCUT2D eigenvalue weighted by Crippen LogP contribution is -2.30. The molecule has 0 amide bonds. The molecule has 84 valence electrons. The molecule has 1 unspecified atom stereocenters. The monoisotopic (exact) mass is 209 g/mol. The van der Waals surface area contributed by atoms with Gasteiger partial charge in [0.15, 0.2) is 0 Å². The van der Waals surface area contributed by atoms with Gasteiger partial charge in [0, 0.05) is 6.04 Å². The van der Waals surface area contributed by atoms with Crippen LogP contribution in [0.1, 0.15) is 32.8 Å². The summed E-state index contributed by atoms with van der Waals surface area (Å²) in [6.07, 6.45) is 0.993. The van der Waals surface area contributed by atoms with Crippen LogP contribution in [0, 0.1) is 5.82 Å². The molecule has 1 nitrogen and oxygen atoms in total. The fourth-order valence-electron chi connectivity index (χ4n) is 1.89. The van der Waals surface area contributed by atoms with Crippen molar-refractivity contribution < 1.29 is 4.39 Å². The van der Waals surface area contributed by atoms with E-state index in [1.54, 1.807) is 12.1 Å². The highest BCUT2D eigenvalue weighted by Gasteiger charge is 2.22. The average Bonchev–Trinajstić information content (AvgIpc) is 2.17. The Morgan fingerprint density at radius 3 is 2.60 bits per heavy atom. The number of hydrogen-bond acceptors (Lipinski definition) is 1. The van der Waals surface area contributed by atoms with Crippen LogP contribution in [0.5, 0.6) is 0 Å². The second-order valence-electron chi connectivity index (χ2n) is 4.79. The molecule has 1 aromatic rings. The Bertz CT molecular complexity index is 320. The molecule has 0 aliphatic carbocycles. The van der Waals surface area contributed by atoms with Gasteiger partial charge >= 0.3 is 0 Å². The summed E-state index contributed by atoms with van der Waals surface area (Å²) in [5.41, 5.74) is 1.06. The third-order valence-corrected chi connectivity index (χ3v) is 2.92. The molecule has 0 bridgehead atoms. The van der Waals surface area contributed by atoms with E-state index in [1.807, 2.05) is 13.1 Å². The summed E-state index contributed by atoms with van der Waals surface area (Å²) in [7, 11) is 1.95. The van der Waals surface area contributed by atoms with Gasteiger partial charge in [0.2, 0.25) is 0 Å². The second-order valence-corrected chi connectivity index (χ2v) is 4.79. The van der Waals surface area contributed by atoms with Gasteiger partial charge in [-0.05, 0) is 43.5 Å². The van der Waals surface area contributed by atoms with Crippen LogP contribution in [0.2, 0.25) is 0 Å². The topological polar surface area (TPSA) is 12.0 Å². The zero-order valence-corrected chi connectivity index (χ0v) is 9.97. The first-order chi connectivity index (χ1) is 6.95. The first-order valence-electron chi connectivity index (χ1n) is 5.39. The average molecular weight is 209 g/mol. The van der Waals surface area contributed by atoms with E-state index in [1.165, 1.54) is 6.07 Å². The predicted octanol–water partition coefficient (Wildman–Crippen LogP) is 3.10. The minimum Gasteiger partial charge on any atom is -0.317 e. The standard InChI is InChI=1S/C13H20FN/c1-10(15-4)9-13(2,3)11-6-5-7-12(14)8-11/h5-8,10,15H,9H2,1-4H3. The number of nitrogens with one attached hydrogen (secondary N) is 1. The fraction of sp³-hybridized carbons (Fsp3) is 0.538. The van der Waals surface area contributed by atoms with E-state index in [9.17, 15) is 4.39 Å². The Morgan fingerprint density at radius 1 is 1.40 bits per heavy atom. The van der Waals surface area contributed by atoms with Crippen LogP contribution in [0.25, 0.3) is 0 Å². The van der Waals surface area contributed by atoms with Crippen molar-refractivity contribution in [2.24, 2.45) is 0 Å². The molecule has 0 fully saturated rings. The summed E-state index contributed by atoms with van der Waals surface area (Å²) in [6, 6.07) is 7.31. The highest BCUT2D eigenvalue weighted by molar-refractivity contribution is 5.24. The molecule has 0 aliphatic heterocycles. The quantitative estimate of drug-likeness (QED) is 0.803. The van der Waals surface area contributed by atoms with Crippen molar-refractivity contribution in [2.45, 2.75) is 38.6 Å². The van der Waals surface area contributed by atoms with Gasteiger partial charge < -0.3 is 5.32 Å². The minimum atomic E-state index is -0.155. The van der Waals surface area contributed by atoms with Gasteiger partial charge in [0.25, 0.3) is 0 Å². The molecule has 0 saturated carbocycles. The first kappa shape index (κ1) is 12.2. The van der Waals surface area contributed by atoms with Crippen LogP contribution in [0.15, 0.2) is 24.3 Å². The van der Waals surface area contributed by atoms with Gasteiger partial charge in [0.1, 0.15) is 5.82 Å². The SMILES string of the molecule is CNC(C)CC(C)(C)c1cccc(F)c1. The van der Waals surface area contributed by atoms with Gasteiger partial charge in [-0.25, -0.2) is 4.39 Å². The largest absolute Gasteiger partial charge is 0.317 e. The summed E-state index contributed by atoms with van der Waals surface area (Å²) >= 11 is 0. The maximum Gasteiger partial charge on any atom is 0.123 e. The van der Waals surface area contributed by atoms with Gasteiger partial charge in [0.05, 0.1) is 0 Å². The molecule has 2 heteroatoms. The summed E-state index contributed by atoms with van der Waals surface area (Å²) in [5.74, 6) is -0.155. The molecule has 1 rings (SSSR count). The van der Waals surface area contributed by atoms with E-state index in [2.05, 4.69) is 26.1 Å². The Balaban J connectivity index is 2.85. The lowest BCUT2D eigenvalue weighted by Gasteiger charge is -2.28. The molecule has 1 aromatic carbocycles. The zero-order chi connectivity index (χ0) is 11.5. The minimum absolute atomic E-state index is 0.00449. The van der Waals surface area contributed by atoms with Gasteiger partial charge in [-0.3, -0.25) is 0 Å². The number of halogens is 1. The Morgan fingerprint density at radius 2 is 2.07 bits per heavy atom. The van der Waals surface area contributed by atoms with Crippen LogP contribution in [-0.4, -0.2) is 13.1 Å². The molecule has 1 N–H and O–H groups in total. The third kappa shape index (κ3) is 3.31. The van der Waals surface area contributed by atoms with Crippen molar-refractivity contribution >= 4 is 0 Å². The van der Waals surface area contributed by atoms with Crippen LogP contribution < -0.4 is 5.32 Å². The van der Waals surface area contributed by atoms with Crippen LogP contribution in [-0.2, 0) is 5.41 Å². The van der Waals surface area contributed by atoms with Gasteiger partial charge in [-0.2, -0.15) is 0 Å². The Hall–Kier alpha value is -0.890. The Labute approximate surface area is 91.7 Å². The van der Waals surface area contributed by atoms with Crippen molar-refractivity contribution in [3.05, 3.63) is 35.6 Å². The van der Waals surface area contributed by atoms with Crippen molar-refractivity contribution in [1.29, 1.82) is 0 Å². The normalized spacial score (nSPS) is 13.9. The maximum atomic E-state index is 13.1. The van der Waals surface area contributed by atoms with E-state index in [4.69, 9.17) is 0 Å². The number of hydrogen-bond donors (Lipinski definition) is 1. The van der Waals surface area contributed by atoms with Crippen molar-refractivity contribution in [2.75, 3.05) is 7.05 Å². The summed E-state index contributed by atoms with van der Waals surface area (Å²) in [6.45, 7) is 6.44. The molecule has 0 heterocycles. The molecular weight excluding hydrogens is 189 g/mol. The van der Waals surface area contributed by atoms with Crippen molar-refractivity contribution in [1.82, 2.24) is 5.32 Å². The zero-order valence-electron chi connectivity index (χ0n) is 9.97. The van der Waals surface area contributed by atoms with Crippen molar-refractivity contribution in [3.8, 4) is 0 Å². The molecule has 0 radical (unpaired) electrons. The first-order valence-corrected chi connectivity index (χ1v) is 5.39. The molecule has 0 saturated heterocycles. The Kier molecular flexibility index (Phi) is 3.86. The van der Waals surface area contributed by atoms with E-state index < -0.39 is 0 Å². The summed E-state index contributed by atoms with van der Waals surface area (Å²) in [4.78, 5) is 0. The number of benzene rings is 1. The fourth-order valence-corrected chi connectivity index (χ4v) is 1.89. The molecule has 0 spiro atoms. The predicted molar refractivity (Wildman–Crippen MR) is 62.6 cm³/mol. The maximum absolute atomic E-state index is 13.1. The van der Waals surface area contributed by atoms with Gasteiger partial charge in [-0.15, -0.1) is 0 Å². The van der Waals surface area contributed by atoms with E-state index in [-0.39, 0.29) is 11.2 Å². The van der Waals surface area contributed by atoms with Crippen molar-refractivity contribution in [3.63, 3.8) is 0 Å². The molecule has 1 atom stereocenters. The summed E-state index contributed by atoms with van der Waals surface area (Å²) in [5, 5.41) is 3.21. The third-order valence-electron chi connectivity index (χ3n) is 2.92. The van der Waals surface area contributed by atoms with Crippen LogP contribution in [0.4, 0.5) is 4.39 Å². The second kappa shape index (κ2) is 4.75. The van der Waals surface area contributed by atoms with E-state index in [0.29, 0.717) is 6.04 Å². The highest BCUT2D eigenvalue weighted by Crippen LogP contribution is 2.28. The van der Waals surface area contributed by atoms with Crippen LogP contribution in [0.3, 0.4) is 0 Å². The molecule has 0 aliphatic rings. The van der Waals surface area contributed by atoms with E-state index >= 15 is 0 Å². The highest BCUT2D eigenvalue weighted by atomic mass is 19.1. The number of rotatable bonds is 4. The van der Waals surface area contributed by atoms with Gasteiger partial charge in [-0.1, -0.05) is 26.0 Å².